The highest BCUT2D eigenvalue weighted by molar-refractivity contribution is 6.29. The lowest BCUT2D eigenvalue weighted by atomic mass is 9.96. The van der Waals surface area contributed by atoms with Crippen molar-refractivity contribution < 1.29 is 5.11 Å². The molecule has 3 N–H and O–H groups in total. The maximum Gasteiger partial charge on any atom is 0.0871 e. The number of rotatable bonds is 0. The number of hydrogen-bond acceptors (Lipinski definition) is 2. The summed E-state index contributed by atoms with van der Waals surface area (Å²) in [5, 5.41) is 10.0. The van der Waals surface area contributed by atoms with E-state index in [2.05, 4.69) is 0 Å². The topological polar surface area (TPSA) is 46.2 Å². The Bertz CT molecular complexity index is 206. The highest BCUT2D eigenvalue weighted by Crippen LogP contribution is 2.26. The first-order valence-electron chi connectivity index (χ1n) is 3.06. The second kappa shape index (κ2) is 2.29. The van der Waals surface area contributed by atoms with Crippen molar-refractivity contribution in [3.63, 3.8) is 0 Å². The van der Waals surface area contributed by atoms with Crippen LogP contribution in [0.4, 0.5) is 0 Å². The molecule has 10 heavy (non-hydrogen) atoms. The lowest BCUT2D eigenvalue weighted by Gasteiger charge is -2.22. The average Bonchev–Trinajstić information content (AvgIpc) is 1.54. The third-order valence-corrected chi connectivity index (χ3v) is 1.57. The van der Waals surface area contributed by atoms with Crippen LogP contribution >= 0.6 is 11.6 Å². The van der Waals surface area contributed by atoms with Crippen LogP contribution in [0.3, 0.4) is 0 Å². The molecule has 2 nitrogen and oxygen atoms in total. The molecule has 0 spiro atoms. The highest BCUT2D eigenvalue weighted by atomic mass is 35.5. The molecule has 0 fully saturated rings. The lowest BCUT2D eigenvalue weighted by Crippen LogP contribution is -2.25. The first-order valence-corrected chi connectivity index (χ1v) is 3.44. The summed E-state index contributed by atoms with van der Waals surface area (Å²) in [6, 6.07) is 0. The van der Waals surface area contributed by atoms with Gasteiger partial charge in [0.15, 0.2) is 0 Å². The normalized spacial score (nSPS) is 33.1. The third-order valence-electron chi connectivity index (χ3n) is 1.33. The van der Waals surface area contributed by atoms with Crippen LogP contribution in [0.5, 0.6) is 0 Å². The molecule has 56 valence electrons. The number of halogens is 1. The van der Waals surface area contributed by atoms with Crippen LogP contribution < -0.4 is 5.73 Å². The molecule has 1 unspecified atom stereocenters. The lowest BCUT2D eigenvalue weighted by molar-refractivity contribution is 0.112. The van der Waals surface area contributed by atoms with Crippen LogP contribution in [-0.2, 0) is 0 Å². The van der Waals surface area contributed by atoms with Gasteiger partial charge in [0.2, 0.25) is 0 Å². The number of aliphatic hydroxyl groups is 1. The van der Waals surface area contributed by atoms with Crippen LogP contribution in [0.1, 0.15) is 13.3 Å². The Morgan fingerprint density at radius 3 is 2.80 bits per heavy atom. The maximum atomic E-state index is 9.43. The summed E-state index contributed by atoms with van der Waals surface area (Å²) in [6.07, 6.45) is 3.70. The van der Waals surface area contributed by atoms with E-state index in [9.17, 15) is 5.11 Å². The highest BCUT2D eigenvalue weighted by Gasteiger charge is 2.22. The van der Waals surface area contributed by atoms with Crippen molar-refractivity contribution in [3.05, 3.63) is 22.9 Å². The first-order chi connectivity index (χ1) is 4.49. The summed E-state index contributed by atoms with van der Waals surface area (Å²) >= 11 is 5.68. The zero-order valence-electron chi connectivity index (χ0n) is 5.76. The first kappa shape index (κ1) is 7.63. The molecule has 0 bridgehead atoms. The van der Waals surface area contributed by atoms with Gasteiger partial charge in [-0.05, 0) is 19.1 Å². The molecule has 0 saturated carbocycles. The van der Waals surface area contributed by atoms with Gasteiger partial charge in [-0.1, -0.05) is 11.6 Å². The minimum atomic E-state index is -0.865. The maximum absolute atomic E-state index is 9.43. The van der Waals surface area contributed by atoms with Gasteiger partial charge in [-0.25, -0.2) is 0 Å². The Morgan fingerprint density at radius 2 is 2.40 bits per heavy atom. The summed E-state index contributed by atoms with van der Waals surface area (Å²) < 4.78 is 0. The molecule has 3 heteroatoms. The van der Waals surface area contributed by atoms with E-state index >= 15 is 0 Å². The van der Waals surface area contributed by atoms with Gasteiger partial charge in [0.1, 0.15) is 0 Å². The third kappa shape index (κ3) is 1.75. The molecular weight excluding hydrogens is 150 g/mol. The Hall–Kier alpha value is -0.470. The van der Waals surface area contributed by atoms with Crippen LogP contribution in [0.2, 0.25) is 0 Å². The number of nitrogens with two attached hydrogens (primary N) is 1. The molecule has 1 rings (SSSR count). The van der Waals surface area contributed by atoms with E-state index in [0.717, 1.165) is 0 Å². The van der Waals surface area contributed by atoms with E-state index in [1.807, 2.05) is 0 Å². The molecule has 1 aliphatic rings. The Morgan fingerprint density at radius 1 is 1.80 bits per heavy atom. The molecule has 0 aromatic heterocycles. The van der Waals surface area contributed by atoms with Gasteiger partial charge in [-0.3, -0.25) is 0 Å². The molecule has 1 atom stereocenters. The van der Waals surface area contributed by atoms with E-state index in [1.54, 1.807) is 19.1 Å². The summed E-state index contributed by atoms with van der Waals surface area (Å²) in [6.45, 7) is 1.68. The van der Waals surface area contributed by atoms with E-state index in [-0.39, 0.29) is 0 Å². The molecule has 0 heterocycles. The van der Waals surface area contributed by atoms with E-state index < -0.39 is 5.60 Å². The minimum Gasteiger partial charge on any atom is -0.399 e. The van der Waals surface area contributed by atoms with Crippen LogP contribution in [0, 0.1) is 0 Å². The molecule has 0 amide bonds. The van der Waals surface area contributed by atoms with Crippen LogP contribution in [-0.4, -0.2) is 10.7 Å². The van der Waals surface area contributed by atoms with Gasteiger partial charge in [-0.2, -0.15) is 0 Å². The summed E-state index contributed by atoms with van der Waals surface area (Å²) in [5.41, 5.74) is 5.10. The molecule has 0 aromatic rings. The second-order valence-corrected chi connectivity index (χ2v) is 3.25. The molecule has 1 aliphatic carbocycles. The fraction of sp³-hybridized carbons (Fsp3) is 0.429. The van der Waals surface area contributed by atoms with Crippen molar-refractivity contribution in [1.82, 2.24) is 0 Å². The van der Waals surface area contributed by atoms with Gasteiger partial charge < -0.3 is 10.8 Å². The van der Waals surface area contributed by atoms with Crippen molar-refractivity contribution in [2.75, 3.05) is 0 Å². The smallest absolute Gasteiger partial charge is 0.0871 e. The van der Waals surface area contributed by atoms with Crippen LogP contribution in [0.15, 0.2) is 22.9 Å². The van der Waals surface area contributed by atoms with Crippen LogP contribution in [0.25, 0.3) is 0 Å². The van der Waals surface area contributed by atoms with Crippen molar-refractivity contribution >= 4 is 11.6 Å². The number of hydrogen-bond donors (Lipinski definition) is 2. The van der Waals surface area contributed by atoms with E-state index in [0.29, 0.717) is 17.2 Å². The summed E-state index contributed by atoms with van der Waals surface area (Å²) in [4.78, 5) is 0. The van der Waals surface area contributed by atoms with Gasteiger partial charge in [0.05, 0.1) is 5.60 Å². The van der Waals surface area contributed by atoms with Crippen molar-refractivity contribution in [1.29, 1.82) is 0 Å². The largest absolute Gasteiger partial charge is 0.399 e. The molecule has 0 aliphatic heterocycles. The summed E-state index contributed by atoms with van der Waals surface area (Å²) in [7, 11) is 0. The fourth-order valence-electron chi connectivity index (χ4n) is 1.03. The zero-order chi connectivity index (χ0) is 7.78. The predicted molar refractivity (Wildman–Crippen MR) is 41.4 cm³/mol. The Balaban J connectivity index is 2.88. The van der Waals surface area contributed by atoms with E-state index in [1.165, 1.54) is 0 Å². The molecule has 0 aromatic carbocycles. The predicted octanol–water partition coefficient (Wildman–Crippen LogP) is 1.11. The fourth-order valence-corrected chi connectivity index (χ4v) is 1.42. The zero-order valence-corrected chi connectivity index (χ0v) is 6.52. The standard InChI is InChI=1S/C7H10ClNO/c1-7(10)3-5(8)2-6(9)4-7/h2,4,10H,3,9H2,1H3. The monoisotopic (exact) mass is 159 g/mol. The Labute approximate surface area is 65.0 Å². The van der Waals surface area contributed by atoms with Crippen molar-refractivity contribution in [2.24, 2.45) is 5.73 Å². The van der Waals surface area contributed by atoms with E-state index in [4.69, 9.17) is 17.3 Å². The van der Waals surface area contributed by atoms with Gasteiger partial charge in [-0.15, -0.1) is 0 Å². The van der Waals surface area contributed by atoms with Crippen molar-refractivity contribution in [2.45, 2.75) is 18.9 Å². The van der Waals surface area contributed by atoms with Gasteiger partial charge in [0, 0.05) is 17.2 Å². The molecule has 0 saturated heterocycles. The summed E-state index contributed by atoms with van der Waals surface area (Å²) in [5.74, 6) is 0. The quantitative estimate of drug-likeness (QED) is 0.556. The van der Waals surface area contributed by atoms with Crippen molar-refractivity contribution in [3.8, 4) is 0 Å². The Kier molecular flexibility index (Phi) is 1.75. The second-order valence-electron chi connectivity index (χ2n) is 2.77. The van der Waals surface area contributed by atoms with Gasteiger partial charge in [0.25, 0.3) is 0 Å². The minimum absolute atomic E-state index is 0.454. The SMILES string of the molecule is CC1(O)C=C(N)C=C(Cl)C1. The average molecular weight is 160 g/mol. The van der Waals surface area contributed by atoms with Gasteiger partial charge >= 0.3 is 0 Å². The molecule has 0 radical (unpaired) electrons. The number of allylic oxidation sites excluding steroid dienone is 1. The molecular formula is C7H10ClNO.